The zero-order valence-corrected chi connectivity index (χ0v) is 15.7. The van der Waals surface area contributed by atoms with Gasteiger partial charge in [0.2, 0.25) is 15.8 Å². The Morgan fingerprint density at radius 3 is 2.56 bits per heavy atom. The second-order valence-electron chi connectivity index (χ2n) is 6.91. The summed E-state index contributed by atoms with van der Waals surface area (Å²) < 4.78 is 31.0. The van der Waals surface area contributed by atoms with Crippen molar-refractivity contribution in [1.82, 2.24) is 19.1 Å². The van der Waals surface area contributed by atoms with Crippen LogP contribution in [0.1, 0.15) is 35.5 Å². The molecule has 9 heteroatoms. The summed E-state index contributed by atoms with van der Waals surface area (Å²) in [6.07, 6.45) is 6.12. The van der Waals surface area contributed by atoms with Gasteiger partial charge in [-0.05, 0) is 32.9 Å². The lowest BCUT2D eigenvalue weighted by Gasteiger charge is -2.44. The van der Waals surface area contributed by atoms with Crippen LogP contribution in [-0.4, -0.2) is 85.0 Å². The molecule has 1 aromatic rings. The lowest BCUT2D eigenvalue weighted by Crippen LogP contribution is -2.63. The number of aryl methyl sites for hydroxylation is 1. The van der Waals surface area contributed by atoms with Crippen LogP contribution in [0.2, 0.25) is 0 Å². The van der Waals surface area contributed by atoms with Crippen LogP contribution in [0.3, 0.4) is 0 Å². The smallest absolute Gasteiger partial charge is 0.291 e. The van der Waals surface area contributed by atoms with Crippen LogP contribution in [0.5, 0.6) is 0 Å². The summed E-state index contributed by atoms with van der Waals surface area (Å²) in [5.74, 6) is 0.00778. The first-order valence-electron chi connectivity index (χ1n) is 8.75. The maximum atomic E-state index is 12.3. The second kappa shape index (κ2) is 7.43. The molecular weight excluding hydrogens is 344 g/mol. The highest BCUT2D eigenvalue weighted by molar-refractivity contribution is 7.88. The van der Waals surface area contributed by atoms with Gasteiger partial charge in [0.15, 0.2) is 6.39 Å². The van der Waals surface area contributed by atoms with Gasteiger partial charge in [-0.25, -0.2) is 13.4 Å². The Bertz CT molecular complexity index is 705. The van der Waals surface area contributed by atoms with Crippen LogP contribution < -0.4 is 0 Å². The van der Waals surface area contributed by atoms with Crippen LogP contribution in [0.4, 0.5) is 0 Å². The largest absolute Gasteiger partial charge is 0.438 e. The first-order chi connectivity index (χ1) is 11.9. The molecule has 0 atom stereocenters. The van der Waals surface area contributed by atoms with E-state index >= 15 is 0 Å². The van der Waals surface area contributed by atoms with Crippen molar-refractivity contribution in [1.29, 1.82) is 0 Å². The van der Waals surface area contributed by atoms with Gasteiger partial charge in [-0.15, -0.1) is 0 Å². The van der Waals surface area contributed by atoms with Gasteiger partial charge in [-0.1, -0.05) is 6.42 Å². The molecule has 0 saturated carbocycles. The van der Waals surface area contributed by atoms with Gasteiger partial charge in [-0.2, -0.15) is 4.31 Å². The van der Waals surface area contributed by atoms with Crippen LogP contribution in [0.25, 0.3) is 0 Å². The van der Waals surface area contributed by atoms with Crippen molar-refractivity contribution >= 4 is 15.9 Å². The molecule has 0 N–H and O–H groups in total. The molecule has 0 aromatic carbocycles. The standard InChI is InChI=1S/C16H26N4O4S/c1-13-15(24-12-17-13)16(21)19-10-14(11-19)20(25(2,22)23)9-8-18-6-4-3-5-7-18/h12,14H,3-11H2,1-2H3. The average Bonchev–Trinajstić information content (AvgIpc) is 2.94. The van der Waals surface area contributed by atoms with Crippen molar-refractivity contribution in [3.05, 3.63) is 17.8 Å². The van der Waals surface area contributed by atoms with Crippen molar-refractivity contribution in [2.45, 2.75) is 32.2 Å². The molecule has 2 fully saturated rings. The lowest BCUT2D eigenvalue weighted by molar-refractivity contribution is 0.0407. The number of aromatic nitrogens is 1. The van der Waals surface area contributed by atoms with Gasteiger partial charge < -0.3 is 14.2 Å². The fourth-order valence-electron chi connectivity index (χ4n) is 3.50. The van der Waals surface area contributed by atoms with Crippen molar-refractivity contribution < 1.29 is 17.6 Å². The molecule has 0 radical (unpaired) electrons. The summed E-state index contributed by atoms with van der Waals surface area (Å²) in [4.78, 5) is 20.2. The van der Waals surface area contributed by atoms with E-state index in [2.05, 4.69) is 9.88 Å². The van der Waals surface area contributed by atoms with Gasteiger partial charge in [0.05, 0.1) is 18.0 Å². The van der Waals surface area contributed by atoms with Gasteiger partial charge in [0, 0.05) is 26.2 Å². The average molecular weight is 370 g/mol. The summed E-state index contributed by atoms with van der Waals surface area (Å²) >= 11 is 0. The van der Waals surface area contributed by atoms with E-state index < -0.39 is 10.0 Å². The fraction of sp³-hybridized carbons (Fsp3) is 0.750. The number of carbonyl (C=O) groups excluding carboxylic acids is 1. The highest BCUT2D eigenvalue weighted by Gasteiger charge is 2.40. The molecule has 2 aliphatic rings. The van der Waals surface area contributed by atoms with Crippen LogP contribution in [-0.2, 0) is 10.0 Å². The molecule has 0 bridgehead atoms. The van der Waals surface area contributed by atoms with Gasteiger partial charge >= 0.3 is 0 Å². The molecule has 25 heavy (non-hydrogen) atoms. The Morgan fingerprint density at radius 1 is 1.32 bits per heavy atom. The zero-order chi connectivity index (χ0) is 18.0. The second-order valence-corrected chi connectivity index (χ2v) is 8.84. The molecule has 0 aliphatic carbocycles. The number of hydrogen-bond acceptors (Lipinski definition) is 6. The first kappa shape index (κ1) is 18.3. The number of likely N-dealkylation sites (tertiary alicyclic amines) is 2. The third kappa shape index (κ3) is 4.21. The molecule has 8 nitrogen and oxygen atoms in total. The SMILES string of the molecule is Cc1ncoc1C(=O)N1CC(N(CCN2CCCCC2)S(C)(=O)=O)C1. The van der Waals surface area contributed by atoms with E-state index in [4.69, 9.17) is 4.42 Å². The zero-order valence-electron chi connectivity index (χ0n) is 14.8. The maximum Gasteiger partial charge on any atom is 0.291 e. The number of rotatable bonds is 6. The minimum Gasteiger partial charge on any atom is -0.438 e. The third-order valence-electron chi connectivity index (χ3n) is 5.01. The van der Waals surface area contributed by atoms with Crippen molar-refractivity contribution in [2.24, 2.45) is 0 Å². The quantitative estimate of drug-likeness (QED) is 0.727. The van der Waals surface area contributed by atoms with E-state index in [0.717, 1.165) is 19.6 Å². The Balaban J connectivity index is 1.56. The van der Waals surface area contributed by atoms with Crippen LogP contribution in [0.15, 0.2) is 10.8 Å². The number of amides is 1. The number of piperidine rings is 1. The predicted molar refractivity (Wildman–Crippen MR) is 92.8 cm³/mol. The fourth-order valence-corrected chi connectivity index (χ4v) is 4.58. The third-order valence-corrected chi connectivity index (χ3v) is 6.34. The Hall–Kier alpha value is -1.45. The summed E-state index contributed by atoms with van der Waals surface area (Å²) in [6.45, 7) is 5.81. The highest BCUT2D eigenvalue weighted by Crippen LogP contribution is 2.21. The topological polar surface area (TPSA) is 87.0 Å². The van der Waals surface area contributed by atoms with Crippen LogP contribution >= 0.6 is 0 Å². The van der Waals surface area contributed by atoms with Crippen molar-refractivity contribution in [2.75, 3.05) is 45.5 Å². The molecule has 2 aliphatic heterocycles. The summed E-state index contributed by atoms with van der Waals surface area (Å²) in [5.41, 5.74) is 0.554. The van der Waals surface area contributed by atoms with E-state index in [1.165, 1.54) is 31.9 Å². The number of carbonyl (C=O) groups is 1. The molecule has 140 valence electrons. The summed E-state index contributed by atoms with van der Waals surface area (Å²) in [6, 6.07) is -0.160. The predicted octanol–water partition coefficient (Wildman–Crippen LogP) is 0.555. The number of nitrogens with zero attached hydrogens (tertiary/aromatic N) is 4. The first-order valence-corrected chi connectivity index (χ1v) is 10.6. The number of sulfonamides is 1. The van der Waals surface area contributed by atoms with Gasteiger partial charge in [0.1, 0.15) is 0 Å². The Labute approximate surface area is 148 Å². The number of hydrogen-bond donors (Lipinski definition) is 0. The highest BCUT2D eigenvalue weighted by atomic mass is 32.2. The molecule has 3 heterocycles. The summed E-state index contributed by atoms with van der Waals surface area (Å²) in [5, 5.41) is 0. The van der Waals surface area contributed by atoms with E-state index in [1.54, 1.807) is 16.1 Å². The molecule has 2 saturated heterocycles. The minimum absolute atomic E-state index is 0.160. The van der Waals surface area contributed by atoms with Crippen molar-refractivity contribution in [3.63, 3.8) is 0 Å². The maximum absolute atomic E-state index is 12.3. The van der Waals surface area contributed by atoms with Gasteiger partial charge in [-0.3, -0.25) is 4.79 Å². The lowest BCUT2D eigenvalue weighted by atomic mass is 10.1. The Kier molecular flexibility index (Phi) is 5.45. The van der Waals surface area contributed by atoms with Gasteiger partial charge in [0.25, 0.3) is 5.91 Å². The normalized spacial score (nSPS) is 20.0. The monoisotopic (exact) mass is 370 g/mol. The minimum atomic E-state index is -3.30. The molecule has 0 spiro atoms. The van der Waals surface area contributed by atoms with E-state index in [0.29, 0.717) is 25.3 Å². The molecule has 3 rings (SSSR count). The Morgan fingerprint density at radius 2 is 2.00 bits per heavy atom. The molecule has 1 amide bonds. The number of oxazole rings is 1. The van der Waals surface area contributed by atoms with E-state index in [9.17, 15) is 13.2 Å². The summed E-state index contributed by atoms with van der Waals surface area (Å²) in [7, 11) is -3.30. The van der Waals surface area contributed by atoms with Crippen LogP contribution in [0, 0.1) is 6.92 Å². The molecule has 0 unspecified atom stereocenters. The molecule has 1 aromatic heterocycles. The van der Waals surface area contributed by atoms with Crippen molar-refractivity contribution in [3.8, 4) is 0 Å². The van der Waals surface area contributed by atoms with E-state index in [1.807, 2.05) is 0 Å². The van der Waals surface area contributed by atoms with E-state index in [-0.39, 0.29) is 17.7 Å². The molecular formula is C16H26N4O4S.